The van der Waals surface area contributed by atoms with E-state index in [1.54, 1.807) is 0 Å². The van der Waals surface area contributed by atoms with Crippen molar-refractivity contribution in [1.29, 1.82) is 0 Å². The van der Waals surface area contributed by atoms with Gasteiger partial charge in [-0.1, -0.05) is 49.7 Å². The van der Waals surface area contributed by atoms with Crippen LogP contribution < -0.4 is 0 Å². The molecular weight excluding hydrogens is 258 g/mol. The van der Waals surface area contributed by atoms with Gasteiger partial charge in [0.1, 0.15) is 11.6 Å². The average Bonchev–Trinajstić information content (AvgIpc) is 2.43. The van der Waals surface area contributed by atoms with Crippen LogP contribution in [0.3, 0.4) is 0 Å². The zero-order valence-electron chi connectivity index (χ0n) is 11.4. The van der Waals surface area contributed by atoms with Crippen molar-refractivity contribution in [1.82, 2.24) is 0 Å². The Morgan fingerprint density at radius 3 is 2.35 bits per heavy atom. The lowest BCUT2D eigenvalue weighted by molar-refractivity contribution is 0.0260. The van der Waals surface area contributed by atoms with Crippen LogP contribution in [-0.4, -0.2) is 5.11 Å². The fraction of sp³-hybridized carbons (Fsp3) is 0.294. The smallest absolute Gasteiger partial charge is 0.129 e. The van der Waals surface area contributed by atoms with Gasteiger partial charge in [0.05, 0.1) is 5.60 Å². The van der Waals surface area contributed by atoms with Crippen molar-refractivity contribution in [2.24, 2.45) is 0 Å². The molecule has 2 aromatic carbocycles. The molecule has 0 aromatic heterocycles. The average molecular weight is 276 g/mol. The third-order valence-corrected chi connectivity index (χ3v) is 3.47. The summed E-state index contributed by atoms with van der Waals surface area (Å²) in [5.41, 5.74) is -0.0499. The molecule has 0 spiro atoms. The molecule has 3 heteroatoms. The molecule has 1 nitrogen and oxygen atoms in total. The van der Waals surface area contributed by atoms with Gasteiger partial charge in [-0.2, -0.15) is 0 Å². The number of hydrogen-bond donors (Lipinski definition) is 1. The molecule has 0 amide bonds. The summed E-state index contributed by atoms with van der Waals surface area (Å²) in [6.07, 6.45) is 1.43. The van der Waals surface area contributed by atoms with Gasteiger partial charge >= 0.3 is 0 Å². The van der Waals surface area contributed by atoms with E-state index in [0.717, 1.165) is 18.1 Å². The van der Waals surface area contributed by atoms with Crippen molar-refractivity contribution < 1.29 is 13.9 Å². The molecule has 0 saturated carbocycles. The van der Waals surface area contributed by atoms with E-state index in [2.05, 4.69) is 0 Å². The number of aliphatic hydroxyl groups is 1. The predicted octanol–water partition coefficient (Wildman–Crippen LogP) is 4.20. The Bertz CT molecular complexity index is 568. The molecule has 0 fully saturated rings. The van der Waals surface area contributed by atoms with Crippen LogP contribution in [0.5, 0.6) is 0 Å². The summed E-state index contributed by atoms with van der Waals surface area (Å²) in [5.74, 6) is -1.22. The van der Waals surface area contributed by atoms with Gasteiger partial charge in [-0.3, -0.25) is 0 Å². The SMILES string of the molecule is CCCC(O)(Cc1ccc(F)cc1F)c1ccccc1. The van der Waals surface area contributed by atoms with Crippen LogP contribution in [0.1, 0.15) is 30.9 Å². The summed E-state index contributed by atoms with van der Waals surface area (Å²) < 4.78 is 26.7. The normalized spacial score (nSPS) is 14.0. The van der Waals surface area contributed by atoms with Crippen molar-refractivity contribution in [3.8, 4) is 0 Å². The lowest BCUT2D eigenvalue weighted by Crippen LogP contribution is -2.28. The van der Waals surface area contributed by atoms with Crippen molar-refractivity contribution in [2.45, 2.75) is 31.8 Å². The first-order chi connectivity index (χ1) is 9.55. The number of halogens is 2. The predicted molar refractivity (Wildman–Crippen MR) is 75.3 cm³/mol. The number of hydrogen-bond acceptors (Lipinski definition) is 1. The summed E-state index contributed by atoms with van der Waals surface area (Å²) >= 11 is 0. The fourth-order valence-corrected chi connectivity index (χ4v) is 2.48. The maximum atomic E-state index is 13.8. The Kier molecular flexibility index (Phi) is 4.50. The lowest BCUT2D eigenvalue weighted by Gasteiger charge is -2.29. The maximum Gasteiger partial charge on any atom is 0.129 e. The van der Waals surface area contributed by atoms with Gasteiger partial charge in [-0.15, -0.1) is 0 Å². The number of rotatable bonds is 5. The molecule has 1 unspecified atom stereocenters. The second kappa shape index (κ2) is 6.14. The van der Waals surface area contributed by atoms with E-state index in [0.29, 0.717) is 12.0 Å². The van der Waals surface area contributed by atoms with Crippen molar-refractivity contribution in [2.75, 3.05) is 0 Å². The maximum absolute atomic E-state index is 13.8. The van der Waals surface area contributed by atoms with E-state index >= 15 is 0 Å². The van der Waals surface area contributed by atoms with Gasteiger partial charge in [-0.25, -0.2) is 8.78 Å². The molecule has 20 heavy (non-hydrogen) atoms. The number of benzene rings is 2. The highest BCUT2D eigenvalue weighted by atomic mass is 19.1. The Hall–Kier alpha value is -1.74. The van der Waals surface area contributed by atoms with E-state index in [1.165, 1.54) is 12.1 Å². The van der Waals surface area contributed by atoms with Crippen LogP contribution in [0.4, 0.5) is 8.78 Å². The molecular formula is C17H18F2O. The van der Waals surface area contributed by atoms with E-state index < -0.39 is 17.2 Å². The van der Waals surface area contributed by atoms with Gasteiger partial charge in [0.15, 0.2) is 0 Å². The summed E-state index contributed by atoms with van der Waals surface area (Å²) in [6, 6.07) is 12.7. The second-order valence-corrected chi connectivity index (χ2v) is 5.06. The van der Waals surface area contributed by atoms with Gasteiger partial charge in [-0.05, 0) is 23.6 Å². The van der Waals surface area contributed by atoms with Crippen LogP contribution >= 0.6 is 0 Å². The van der Waals surface area contributed by atoms with Crippen molar-refractivity contribution in [3.63, 3.8) is 0 Å². The second-order valence-electron chi connectivity index (χ2n) is 5.06. The van der Waals surface area contributed by atoms with Crippen LogP contribution in [0, 0.1) is 11.6 Å². The lowest BCUT2D eigenvalue weighted by atomic mass is 9.83. The highest BCUT2D eigenvalue weighted by Gasteiger charge is 2.29. The molecule has 0 saturated heterocycles. The minimum absolute atomic E-state index is 0.136. The van der Waals surface area contributed by atoms with Crippen LogP contribution in [0.25, 0.3) is 0 Å². The molecule has 0 radical (unpaired) electrons. The first-order valence-corrected chi connectivity index (χ1v) is 6.77. The Morgan fingerprint density at radius 1 is 1.05 bits per heavy atom. The molecule has 1 atom stereocenters. The standard InChI is InChI=1S/C17H18F2O/c1-2-10-17(20,14-6-4-3-5-7-14)12-13-8-9-15(18)11-16(13)19/h3-9,11,20H,2,10,12H2,1H3. The highest BCUT2D eigenvalue weighted by molar-refractivity contribution is 5.27. The molecule has 106 valence electrons. The summed E-state index contributed by atoms with van der Waals surface area (Å²) in [6.45, 7) is 1.97. The first-order valence-electron chi connectivity index (χ1n) is 6.77. The van der Waals surface area contributed by atoms with E-state index in [1.807, 2.05) is 37.3 Å². The Morgan fingerprint density at radius 2 is 1.75 bits per heavy atom. The molecule has 0 aliphatic carbocycles. The summed E-state index contributed by atoms with van der Waals surface area (Å²) in [5, 5.41) is 10.9. The van der Waals surface area contributed by atoms with Gasteiger partial charge < -0.3 is 5.11 Å². The minimum Gasteiger partial charge on any atom is -0.385 e. The van der Waals surface area contributed by atoms with E-state index in [-0.39, 0.29) is 6.42 Å². The molecule has 0 heterocycles. The first kappa shape index (κ1) is 14.7. The third kappa shape index (κ3) is 3.23. The Balaban J connectivity index is 2.34. The van der Waals surface area contributed by atoms with Crippen molar-refractivity contribution >= 4 is 0 Å². The molecule has 0 bridgehead atoms. The van der Waals surface area contributed by atoms with Crippen LogP contribution in [-0.2, 0) is 12.0 Å². The molecule has 0 aliphatic heterocycles. The monoisotopic (exact) mass is 276 g/mol. The summed E-state index contributed by atoms with van der Waals surface area (Å²) in [7, 11) is 0. The van der Waals surface area contributed by atoms with Gasteiger partial charge in [0, 0.05) is 12.5 Å². The summed E-state index contributed by atoms with van der Waals surface area (Å²) in [4.78, 5) is 0. The van der Waals surface area contributed by atoms with Crippen LogP contribution in [0.2, 0.25) is 0 Å². The van der Waals surface area contributed by atoms with Gasteiger partial charge in [0.2, 0.25) is 0 Å². The molecule has 2 rings (SSSR count). The Labute approximate surface area is 117 Å². The van der Waals surface area contributed by atoms with Crippen LogP contribution in [0.15, 0.2) is 48.5 Å². The minimum atomic E-state index is -1.13. The zero-order valence-corrected chi connectivity index (χ0v) is 11.4. The topological polar surface area (TPSA) is 20.2 Å². The molecule has 2 aromatic rings. The largest absolute Gasteiger partial charge is 0.385 e. The third-order valence-electron chi connectivity index (χ3n) is 3.47. The zero-order chi connectivity index (χ0) is 14.6. The van der Waals surface area contributed by atoms with E-state index in [4.69, 9.17) is 0 Å². The molecule has 1 N–H and O–H groups in total. The van der Waals surface area contributed by atoms with Crippen molar-refractivity contribution in [3.05, 3.63) is 71.3 Å². The quantitative estimate of drug-likeness (QED) is 0.868. The van der Waals surface area contributed by atoms with Gasteiger partial charge in [0.25, 0.3) is 0 Å². The van der Waals surface area contributed by atoms with E-state index in [9.17, 15) is 13.9 Å². The molecule has 0 aliphatic rings. The fourth-order valence-electron chi connectivity index (χ4n) is 2.48. The highest BCUT2D eigenvalue weighted by Crippen LogP contribution is 2.31.